The predicted molar refractivity (Wildman–Crippen MR) is 120 cm³/mol. The predicted octanol–water partition coefficient (Wildman–Crippen LogP) is 5.19. The molecule has 0 unspecified atom stereocenters. The van der Waals surface area contributed by atoms with E-state index in [9.17, 15) is 20.0 Å². The lowest BCUT2D eigenvalue weighted by Gasteiger charge is -2.05. The molecule has 31 heavy (non-hydrogen) atoms. The van der Waals surface area contributed by atoms with Gasteiger partial charge in [-0.15, -0.1) is 0 Å². The molecular weight excluding hydrogens is 420 g/mol. The first-order chi connectivity index (χ1) is 14.9. The van der Waals surface area contributed by atoms with Crippen LogP contribution >= 0.6 is 11.8 Å². The summed E-state index contributed by atoms with van der Waals surface area (Å²) in [5.74, 6) is -0.218. The minimum absolute atomic E-state index is 0.0195. The zero-order valence-corrected chi connectivity index (χ0v) is 17.7. The summed E-state index contributed by atoms with van der Waals surface area (Å²) < 4.78 is 10.5. The van der Waals surface area contributed by atoms with Crippen LogP contribution in [0.1, 0.15) is 19.4 Å². The molecule has 160 valence electrons. The number of benzene rings is 2. The van der Waals surface area contributed by atoms with Crippen molar-refractivity contribution in [3.05, 3.63) is 80.4 Å². The molecule has 1 aliphatic heterocycles. The number of aliphatic hydroxyl groups is 1. The van der Waals surface area contributed by atoms with E-state index in [0.717, 1.165) is 11.8 Å². The molecule has 1 heterocycles. The molecule has 0 radical (unpaired) electrons. The third-order valence-corrected chi connectivity index (χ3v) is 5.17. The van der Waals surface area contributed by atoms with Crippen LogP contribution in [0.3, 0.4) is 0 Å². The highest BCUT2D eigenvalue weighted by Crippen LogP contribution is 2.40. The number of aliphatic imine (C=N–C) groups is 1. The maximum absolute atomic E-state index is 12.5. The van der Waals surface area contributed by atoms with Gasteiger partial charge in [0.25, 0.3) is 5.69 Å². The molecule has 0 bridgehead atoms. The summed E-state index contributed by atoms with van der Waals surface area (Å²) >= 11 is 1.12. The van der Waals surface area contributed by atoms with Crippen LogP contribution in [0.5, 0.6) is 5.75 Å². The van der Waals surface area contributed by atoms with E-state index in [1.807, 2.05) is 6.92 Å². The number of esters is 1. The maximum Gasteiger partial charge on any atom is 0.344 e. The van der Waals surface area contributed by atoms with Crippen LogP contribution in [-0.4, -0.2) is 34.3 Å². The number of non-ortho nitro benzene ring substituents is 1. The normalized spacial score (nSPS) is 16.1. The second-order valence-electron chi connectivity index (χ2n) is 6.25. The number of hydrogen-bond acceptors (Lipinski definition) is 8. The van der Waals surface area contributed by atoms with Crippen LogP contribution in [-0.2, 0) is 9.53 Å². The number of rotatable bonds is 7. The molecule has 0 saturated heterocycles. The number of nitro benzene ring substituents is 1. The summed E-state index contributed by atoms with van der Waals surface area (Å²) in [5, 5.41) is 21.8. The molecule has 2 aromatic rings. The fourth-order valence-electron chi connectivity index (χ4n) is 2.74. The molecule has 3 rings (SSSR count). The monoisotopic (exact) mass is 440 g/mol. The van der Waals surface area contributed by atoms with Crippen LogP contribution in [0, 0.1) is 10.1 Å². The average molecular weight is 440 g/mol. The van der Waals surface area contributed by atoms with Crippen LogP contribution < -0.4 is 4.74 Å². The van der Waals surface area contributed by atoms with Gasteiger partial charge in [-0.05, 0) is 61.9 Å². The van der Waals surface area contributed by atoms with Crippen molar-refractivity contribution in [1.82, 2.24) is 0 Å². The highest BCUT2D eigenvalue weighted by molar-refractivity contribution is 8.18. The SMILES string of the molecule is CCOC(=O)C1=C(O)C(=Cc2ccc([N+](=O)[O-])cc2)SC1=Nc1ccc(OCC)cc1. The molecule has 0 spiro atoms. The van der Waals surface area contributed by atoms with E-state index in [4.69, 9.17) is 9.47 Å². The van der Waals surface area contributed by atoms with E-state index in [1.165, 1.54) is 12.1 Å². The van der Waals surface area contributed by atoms with Crippen LogP contribution in [0.2, 0.25) is 0 Å². The van der Waals surface area contributed by atoms with Crippen LogP contribution in [0.4, 0.5) is 11.4 Å². The summed E-state index contributed by atoms with van der Waals surface area (Å²) in [6.45, 7) is 4.26. The first-order valence-corrected chi connectivity index (χ1v) is 10.3. The Labute approximate surface area is 183 Å². The van der Waals surface area contributed by atoms with Gasteiger partial charge in [-0.1, -0.05) is 11.8 Å². The van der Waals surface area contributed by atoms with Crippen molar-refractivity contribution in [1.29, 1.82) is 0 Å². The van der Waals surface area contributed by atoms with Gasteiger partial charge in [0.1, 0.15) is 22.1 Å². The molecule has 0 saturated carbocycles. The van der Waals surface area contributed by atoms with Crippen LogP contribution in [0.15, 0.2) is 69.8 Å². The lowest BCUT2D eigenvalue weighted by molar-refractivity contribution is -0.384. The number of nitrogens with zero attached hydrogens (tertiary/aromatic N) is 2. The summed E-state index contributed by atoms with van der Waals surface area (Å²) in [4.78, 5) is 27.7. The molecule has 0 fully saturated rings. The fraction of sp³-hybridized carbons (Fsp3) is 0.182. The largest absolute Gasteiger partial charge is 0.506 e. The molecule has 0 atom stereocenters. The number of hydrogen-bond donors (Lipinski definition) is 1. The number of thioether (sulfide) groups is 1. The van der Waals surface area contributed by atoms with Gasteiger partial charge in [0.15, 0.2) is 0 Å². The summed E-state index contributed by atoms with van der Waals surface area (Å²) in [7, 11) is 0. The lowest BCUT2D eigenvalue weighted by Crippen LogP contribution is -2.12. The molecule has 0 aromatic heterocycles. The number of ether oxygens (including phenoxy) is 2. The van der Waals surface area contributed by atoms with E-state index in [0.29, 0.717) is 33.6 Å². The quantitative estimate of drug-likeness (QED) is 0.358. The van der Waals surface area contributed by atoms with Gasteiger partial charge in [0, 0.05) is 12.1 Å². The zero-order chi connectivity index (χ0) is 22.4. The van der Waals surface area contributed by atoms with E-state index in [1.54, 1.807) is 49.4 Å². The third kappa shape index (κ3) is 5.32. The molecule has 8 nitrogen and oxygen atoms in total. The van der Waals surface area contributed by atoms with Crippen LogP contribution in [0.25, 0.3) is 6.08 Å². The summed E-state index contributed by atoms with van der Waals surface area (Å²) in [6, 6.07) is 12.9. The molecule has 0 amide bonds. The Morgan fingerprint density at radius 2 is 1.81 bits per heavy atom. The molecule has 9 heteroatoms. The highest BCUT2D eigenvalue weighted by Gasteiger charge is 2.33. The standard InChI is InChI=1S/C22H20N2O6S/c1-3-29-17-11-7-15(8-12-17)23-21-19(22(26)30-4-2)20(25)18(31-21)13-14-5-9-16(10-6-14)24(27)28/h5-13,25H,3-4H2,1-2H3. The number of aliphatic hydroxyl groups excluding tert-OH is 1. The Bertz CT molecular complexity index is 1070. The van der Waals surface area contributed by atoms with Gasteiger partial charge in [-0.25, -0.2) is 9.79 Å². The van der Waals surface area contributed by atoms with Gasteiger partial charge < -0.3 is 14.6 Å². The Hall–Kier alpha value is -3.59. The van der Waals surface area contributed by atoms with Crippen molar-refractivity contribution in [2.24, 2.45) is 4.99 Å². The van der Waals surface area contributed by atoms with Crippen molar-refractivity contribution in [3.8, 4) is 5.75 Å². The molecular formula is C22H20N2O6S. The highest BCUT2D eigenvalue weighted by atomic mass is 32.2. The minimum Gasteiger partial charge on any atom is -0.506 e. The Morgan fingerprint density at radius 1 is 1.13 bits per heavy atom. The van der Waals surface area contributed by atoms with Crippen molar-refractivity contribution in [3.63, 3.8) is 0 Å². The van der Waals surface area contributed by atoms with Gasteiger partial charge in [-0.3, -0.25) is 10.1 Å². The van der Waals surface area contributed by atoms with Crippen molar-refractivity contribution in [2.45, 2.75) is 13.8 Å². The molecule has 0 aliphatic carbocycles. The van der Waals surface area contributed by atoms with Gasteiger partial charge in [0.2, 0.25) is 0 Å². The van der Waals surface area contributed by atoms with Gasteiger partial charge in [-0.2, -0.15) is 0 Å². The van der Waals surface area contributed by atoms with Crippen molar-refractivity contribution in [2.75, 3.05) is 13.2 Å². The Morgan fingerprint density at radius 3 is 2.39 bits per heavy atom. The van der Waals surface area contributed by atoms with E-state index >= 15 is 0 Å². The van der Waals surface area contributed by atoms with Crippen molar-refractivity contribution >= 4 is 40.2 Å². The smallest absolute Gasteiger partial charge is 0.344 e. The van der Waals surface area contributed by atoms with Gasteiger partial charge >= 0.3 is 5.97 Å². The second-order valence-corrected chi connectivity index (χ2v) is 7.28. The Kier molecular flexibility index (Phi) is 7.09. The zero-order valence-electron chi connectivity index (χ0n) is 16.9. The first kappa shape index (κ1) is 22.1. The maximum atomic E-state index is 12.5. The second kappa shape index (κ2) is 9.94. The van der Waals surface area contributed by atoms with E-state index < -0.39 is 10.9 Å². The molecule has 2 aromatic carbocycles. The number of carbonyl (C=O) groups excluding carboxylic acids is 1. The number of nitro groups is 1. The summed E-state index contributed by atoms with van der Waals surface area (Å²) in [5.41, 5.74) is 1.15. The first-order valence-electron chi connectivity index (χ1n) is 9.49. The van der Waals surface area contributed by atoms with E-state index in [-0.39, 0.29) is 23.6 Å². The van der Waals surface area contributed by atoms with Gasteiger partial charge in [0.05, 0.1) is 28.7 Å². The third-order valence-electron chi connectivity index (χ3n) is 4.15. The fourth-order valence-corrected chi connectivity index (χ4v) is 3.77. The molecule has 1 aliphatic rings. The lowest BCUT2D eigenvalue weighted by atomic mass is 10.1. The number of carbonyl (C=O) groups is 1. The van der Waals surface area contributed by atoms with Crippen molar-refractivity contribution < 1.29 is 24.3 Å². The average Bonchev–Trinajstić information content (AvgIpc) is 3.05. The molecule has 1 N–H and O–H groups in total. The summed E-state index contributed by atoms with van der Waals surface area (Å²) in [6.07, 6.45) is 1.63. The topological polar surface area (TPSA) is 111 Å². The minimum atomic E-state index is -0.677. The Balaban J connectivity index is 1.96. The van der Waals surface area contributed by atoms with E-state index in [2.05, 4.69) is 4.99 Å².